The number of aliphatic hydroxyl groups is 1. The molecule has 9 heteroatoms. The number of amides is 2. The minimum Gasteiger partial charge on any atom is -0.392 e. The Morgan fingerprint density at radius 3 is 2.38 bits per heavy atom. The molecule has 3 saturated heterocycles. The summed E-state index contributed by atoms with van der Waals surface area (Å²) in [5.41, 5.74) is 4.44. The maximum atomic E-state index is 12.6. The molecule has 222 valence electrons. The second-order valence-corrected chi connectivity index (χ2v) is 11.2. The first-order chi connectivity index (χ1) is 20.6. The third-order valence-electron chi connectivity index (χ3n) is 8.22. The largest absolute Gasteiger partial charge is 0.392 e. The van der Waals surface area contributed by atoms with Crippen LogP contribution in [0.4, 0.5) is 10.5 Å². The predicted molar refractivity (Wildman–Crippen MR) is 157 cm³/mol. The van der Waals surface area contributed by atoms with Crippen molar-refractivity contribution in [1.29, 1.82) is 0 Å². The standard InChI is InChI=1S/C33H39N3O6/c37-23-25-9-11-26(12-10-25)30-20-29(22-36-15-13-33(14-16-36)39-17-18-40-33)41-31(42-30)27-7-4-8-28(19-27)35-32(38)34-21-24-5-2-1-3-6-24/h1-12,19,29-31,37H,13-18,20-23H2,(H2,34,35,38). The maximum Gasteiger partial charge on any atom is 0.319 e. The minimum atomic E-state index is -0.599. The van der Waals surface area contributed by atoms with Crippen LogP contribution in [-0.4, -0.2) is 60.8 Å². The van der Waals surface area contributed by atoms with Crippen LogP contribution in [0.1, 0.15) is 53.9 Å². The Bertz CT molecular complexity index is 1300. The van der Waals surface area contributed by atoms with Crippen LogP contribution in [0, 0.1) is 0 Å². The highest BCUT2D eigenvalue weighted by Gasteiger charge is 2.41. The van der Waals surface area contributed by atoms with Crippen LogP contribution in [0.2, 0.25) is 0 Å². The lowest BCUT2D eigenvalue weighted by atomic mass is 9.98. The number of likely N-dealkylation sites (tertiary alicyclic amines) is 1. The van der Waals surface area contributed by atoms with Crippen molar-refractivity contribution >= 4 is 11.7 Å². The Balaban J connectivity index is 1.13. The highest BCUT2D eigenvalue weighted by Crippen LogP contribution is 2.39. The van der Waals surface area contributed by atoms with Crippen molar-refractivity contribution in [2.45, 2.75) is 56.7 Å². The zero-order chi connectivity index (χ0) is 28.8. The predicted octanol–water partition coefficient (Wildman–Crippen LogP) is 4.88. The van der Waals surface area contributed by atoms with Crippen LogP contribution in [0.15, 0.2) is 78.9 Å². The number of nitrogens with zero attached hydrogens (tertiary/aromatic N) is 1. The van der Waals surface area contributed by atoms with Gasteiger partial charge in [0, 0.05) is 56.7 Å². The fourth-order valence-electron chi connectivity index (χ4n) is 5.90. The molecule has 3 fully saturated rings. The summed E-state index contributed by atoms with van der Waals surface area (Å²) in [5.74, 6) is -0.409. The Morgan fingerprint density at radius 1 is 0.881 bits per heavy atom. The van der Waals surface area contributed by atoms with Crippen molar-refractivity contribution < 1.29 is 28.8 Å². The lowest BCUT2D eigenvalue weighted by Gasteiger charge is -2.41. The van der Waals surface area contributed by atoms with E-state index in [2.05, 4.69) is 15.5 Å². The number of aliphatic hydroxyl groups excluding tert-OH is 1. The molecule has 3 heterocycles. The Labute approximate surface area is 246 Å². The summed E-state index contributed by atoms with van der Waals surface area (Å²) in [6, 6.07) is 25.0. The first-order valence-electron chi connectivity index (χ1n) is 14.8. The van der Waals surface area contributed by atoms with Crippen LogP contribution in [-0.2, 0) is 32.1 Å². The van der Waals surface area contributed by atoms with Crippen molar-refractivity contribution in [2.24, 2.45) is 0 Å². The molecular formula is C33H39N3O6. The fourth-order valence-corrected chi connectivity index (χ4v) is 5.90. The lowest BCUT2D eigenvalue weighted by Crippen LogP contribution is -2.48. The second-order valence-electron chi connectivity index (χ2n) is 11.2. The van der Waals surface area contributed by atoms with Gasteiger partial charge >= 0.3 is 6.03 Å². The van der Waals surface area contributed by atoms with Gasteiger partial charge in [0.2, 0.25) is 0 Å². The van der Waals surface area contributed by atoms with Gasteiger partial charge in [-0.2, -0.15) is 0 Å². The zero-order valence-electron chi connectivity index (χ0n) is 23.7. The molecule has 3 aliphatic heterocycles. The molecule has 1 spiro atoms. The summed E-state index contributed by atoms with van der Waals surface area (Å²) in [6.45, 7) is 4.34. The van der Waals surface area contributed by atoms with Crippen molar-refractivity contribution in [2.75, 3.05) is 38.2 Å². The number of carbonyl (C=O) groups excluding carboxylic acids is 1. The van der Waals surface area contributed by atoms with Gasteiger partial charge in [0.25, 0.3) is 0 Å². The molecule has 9 nitrogen and oxygen atoms in total. The number of piperidine rings is 1. The maximum absolute atomic E-state index is 12.6. The van der Waals surface area contributed by atoms with Crippen molar-refractivity contribution in [1.82, 2.24) is 10.2 Å². The van der Waals surface area contributed by atoms with Crippen LogP contribution in [0.3, 0.4) is 0 Å². The Hall–Kier alpha value is -3.31. The van der Waals surface area contributed by atoms with Crippen molar-refractivity contribution in [3.63, 3.8) is 0 Å². The van der Waals surface area contributed by atoms with E-state index >= 15 is 0 Å². The summed E-state index contributed by atoms with van der Waals surface area (Å²) < 4.78 is 24.9. The number of benzene rings is 3. The normalized spacial score (nSPS) is 24.0. The average Bonchev–Trinajstić information content (AvgIpc) is 3.50. The van der Waals surface area contributed by atoms with Gasteiger partial charge < -0.3 is 39.6 Å². The third kappa shape index (κ3) is 7.18. The molecule has 0 radical (unpaired) electrons. The molecule has 6 rings (SSSR count). The van der Waals surface area contributed by atoms with Crippen LogP contribution in [0.25, 0.3) is 0 Å². The van der Waals surface area contributed by atoms with Crippen molar-refractivity contribution in [3.8, 4) is 0 Å². The van der Waals surface area contributed by atoms with Crippen LogP contribution in [0.5, 0.6) is 0 Å². The van der Waals surface area contributed by atoms with Gasteiger partial charge in [-0.25, -0.2) is 4.79 Å². The topological polar surface area (TPSA) is 102 Å². The van der Waals surface area contributed by atoms with E-state index in [-0.39, 0.29) is 24.8 Å². The number of ether oxygens (including phenoxy) is 4. The van der Waals surface area contributed by atoms with E-state index in [0.29, 0.717) is 31.9 Å². The highest BCUT2D eigenvalue weighted by atomic mass is 16.7. The molecular weight excluding hydrogens is 534 g/mol. The quantitative estimate of drug-likeness (QED) is 0.353. The molecule has 3 aromatic carbocycles. The monoisotopic (exact) mass is 573 g/mol. The third-order valence-corrected chi connectivity index (χ3v) is 8.22. The summed E-state index contributed by atoms with van der Waals surface area (Å²) in [6.07, 6.45) is 1.58. The number of anilines is 1. The molecule has 0 saturated carbocycles. The Kier molecular flexibility index (Phi) is 9.14. The number of urea groups is 1. The van der Waals surface area contributed by atoms with Gasteiger partial charge in [-0.05, 0) is 28.8 Å². The number of nitrogens with one attached hydrogen (secondary N) is 2. The molecule has 3 N–H and O–H groups in total. The van der Waals surface area contributed by atoms with E-state index in [1.807, 2.05) is 78.9 Å². The average molecular weight is 574 g/mol. The summed E-state index contributed by atoms with van der Waals surface area (Å²) in [4.78, 5) is 15.0. The number of carbonyl (C=O) groups is 1. The summed E-state index contributed by atoms with van der Waals surface area (Å²) >= 11 is 0. The number of hydrogen-bond acceptors (Lipinski definition) is 7. The Morgan fingerprint density at radius 2 is 1.64 bits per heavy atom. The van der Waals surface area contributed by atoms with Gasteiger partial charge in [0.1, 0.15) is 0 Å². The first kappa shape index (κ1) is 28.8. The van der Waals surface area contributed by atoms with Crippen molar-refractivity contribution in [3.05, 3.63) is 101 Å². The van der Waals surface area contributed by atoms with E-state index in [9.17, 15) is 9.90 Å². The van der Waals surface area contributed by atoms with E-state index < -0.39 is 12.1 Å². The number of hydrogen-bond donors (Lipinski definition) is 3. The first-order valence-corrected chi connectivity index (χ1v) is 14.8. The smallest absolute Gasteiger partial charge is 0.319 e. The molecule has 2 amide bonds. The fraction of sp³-hybridized carbons (Fsp3) is 0.424. The zero-order valence-corrected chi connectivity index (χ0v) is 23.7. The minimum absolute atomic E-state index is 0.00274. The molecule has 0 bridgehead atoms. The van der Waals surface area contributed by atoms with E-state index in [0.717, 1.165) is 54.7 Å². The SMILES string of the molecule is O=C(NCc1ccccc1)Nc1cccc(C2OC(CN3CCC4(CC3)OCCO4)CC(c3ccc(CO)cc3)O2)c1. The van der Waals surface area contributed by atoms with Crippen LogP contribution < -0.4 is 10.6 Å². The molecule has 0 aliphatic carbocycles. The molecule has 3 atom stereocenters. The summed E-state index contributed by atoms with van der Waals surface area (Å²) in [7, 11) is 0. The molecule has 3 aliphatic rings. The van der Waals surface area contributed by atoms with Crippen LogP contribution >= 0.6 is 0 Å². The van der Waals surface area contributed by atoms with Gasteiger partial charge in [-0.15, -0.1) is 0 Å². The number of rotatable bonds is 8. The second kappa shape index (κ2) is 13.3. The lowest BCUT2D eigenvalue weighted by molar-refractivity contribution is -0.255. The van der Waals surface area contributed by atoms with Gasteiger partial charge in [-0.3, -0.25) is 0 Å². The highest BCUT2D eigenvalue weighted by molar-refractivity contribution is 5.89. The summed E-state index contributed by atoms with van der Waals surface area (Å²) in [5, 5.41) is 15.3. The molecule has 3 aromatic rings. The van der Waals surface area contributed by atoms with E-state index in [1.165, 1.54) is 0 Å². The molecule has 0 aromatic heterocycles. The van der Waals surface area contributed by atoms with E-state index in [1.54, 1.807) is 0 Å². The molecule has 3 unspecified atom stereocenters. The van der Waals surface area contributed by atoms with Gasteiger partial charge in [-0.1, -0.05) is 66.7 Å². The van der Waals surface area contributed by atoms with Gasteiger partial charge in [0.05, 0.1) is 32.0 Å². The van der Waals surface area contributed by atoms with Gasteiger partial charge in [0.15, 0.2) is 12.1 Å². The van der Waals surface area contributed by atoms with E-state index in [4.69, 9.17) is 18.9 Å². The molecule has 42 heavy (non-hydrogen) atoms.